The summed E-state index contributed by atoms with van der Waals surface area (Å²) in [5.41, 5.74) is 0. The van der Waals surface area contributed by atoms with Gasteiger partial charge in [-0.15, -0.1) is 0 Å². The molecule has 2 N–H and O–H groups in total. The van der Waals surface area contributed by atoms with Crippen LogP contribution in [-0.2, 0) is 13.8 Å². The van der Waals surface area contributed by atoms with Gasteiger partial charge in [0.1, 0.15) is 0 Å². The maximum atomic E-state index is 11.8. The van der Waals surface area contributed by atoms with E-state index < -0.39 is 26.9 Å². The van der Waals surface area contributed by atoms with Crippen LogP contribution in [0, 0.1) is 5.92 Å². The molecule has 1 rings (SSSR count). The van der Waals surface area contributed by atoms with Gasteiger partial charge in [0.15, 0.2) is 6.61 Å². The van der Waals surface area contributed by atoms with Crippen molar-refractivity contribution in [1.29, 1.82) is 0 Å². The van der Waals surface area contributed by atoms with Crippen molar-refractivity contribution in [1.82, 2.24) is 4.90 Å². The van der Waals surface area contributed by atoms with Crippen molar-refractivity contribution in [3.8, 4) is 0 Å². The number of hydrogen-bond donors (Lipinski definition) is 2. The maximum absolute atomic E-state index is 11.8. The minimum absolute atomic E-state index is 0.169. The molecule has 0 radical (unpaired) electrons. The zero-order valence-corrected chi connectivity index (χ0v) is 10.3. The summed E-state index contributed by atoms with van der Waals surface area (Å²) in [6, 6.07) is 0. The molecule has 1 amide bonds. The highest BCUT2D eigenvalue weighted by molar-refractivity contribution is 7.46. The van der Waals surface area contributed by atoms with Crippen LogP contribution in [0.5, 0.6) is 0 Å². The molecule has 18 heavy (non-hydrogen) atoms. The van der Waals surface area contributed by atoms with Gasteiger partial charge >= 0.3 is 13.9 Å². The summed E-state index contributed by atoms with van der Waals surface area (Å²) in [6.07, 6.45) is -3.09. The Labute approximate surface area is 102 Å². The Morgan fingerprint density at radius 2 is 2.17 bits per heavy atom. The molecular weight excluding hydrogens is 275 g/mol. The number of carbonyl (C=O) groups is 1. The number of hydrogen-bond acceptors (Lipinski definition) is 4. The van der Waals surface area contributed by atoms with Crippen LogP contribution in [0.2, 0.25) is 0 Å². The summed E-state index contributed by atoms with van der Waals surface area (Å²) < 4.78 is 42.7. The summed E-state index contributed by atoms with van der Waals surface area (Å²) in [5, 5.41) is 0. The molecule has 0 aliphatic carbocycles. The Kier molecular flexibility index (Phi) is 5.46. The van der Waals surface area contributed by atoms with Crippen molar-refractivity contribution >= 4 is 13.9 Å². The highest BCUT2D eigenvalue weighted by Gasteiger charge is 2.29. The number of rotatable bonds is 5. The van der Waals surface area contributed by atoms with Gasteiger partial charge in [0.2, 0.25) is 0 Å². The minimum atomic E-state index is -4.52. The van der Waals surface area contributed by atoms with Crippen molar-refractivity contribution in [2.45, 2.75) is 12.8 Å². The number of ether oxygens (including phenoxy) is 1. The molecule has 106 valence electrons. The van der Waals surface area contributed by atoms with Crippen LogP contribution in [0.1, 0.15) is 6.42 Å². The van der Waals surface area contributed by atoms with Crippen LogP contribution in [0.15, 0.2) is 0 Å². The van der Waals surface area contributed by atoms with Crippen LogP contribution >= 0.6 is 7.82 Å². The highest BCUT2D eigenvalue weighted by Crippen LogP contribution is 2.37. The average Bonchev–Trinajstić information content (AvgIpc) is 2.70. The van der Waals surface area contributed by atoms with Gasteiger partial charge in [-0.25, -0.2) is 18.1 Å². The van der Waals surface area contributed by atoms with Crippen molar-refractivity contribution in [3.63, 3.8) is 0 Å². The number of alkyl halides is 2. The number of halogens is 2. The molecule has 1 aliphatic heterocycles. The van der Waals surface area contributed by atoms with E-state index in [1.807, 2.05) is 0 Å². The summed E-state index contributed by atoms with van der Waals surface area (Å²) in [4.78, 5) is 29.5. The van der Waals surface area contributed by atoms with E-state index in [1.165, 1.54) is 4.90 Å². The highest BCUT2D eigenvalue weighted by atomic mass is 31.2. The Hall–Kier alpha value is -0.760. The smallest absolute Gasteiger partial charge is 0.443 e. The van der Waals surface area contributed by atoms with Crippen molar-refractivity contribution < 1.29 is 37.2 Å². The predicted octanol–water partition coefficient (Wildman–Crippen LogP) is 0.819. The molecule has 0 unspecified atom stereocenters. The van der Waals surface area contributed by atoms with E-state index >= 15 is 0 Å². The Bertz CT molecular complexity index is 336. The van der Waals surface area contributed by atoms with Gasteiger partial charge in [0.05, 0.1) is 6.61 Å². The van der Waals surface area contributed by atoms with E-state index in [0.29, 0.717) is 6.42 Å². The summed E-state index contributed by atoms with van der Waals surface area (Å²) in [5.74, 6) is -0.239. The van der Waals surface area contributed by atoms with Crippen molar-refractivity contribution in [2.75, 3.05) is 26.3 Å². The zero-order chi connectivity index (χ0) is 13.8. The zero-order valence-electron chi connectivity index (χ0n) is 9.37. The lowest BCUT2D eigenvalue weighted by Crippen LogP contribution is -2.31. The predicted molar refractivity (Wildman–Crippen MR) is 55.0 cm³/mol. The van der Waals surface area contributed by atoms with Gasteiger partial charge in [0.25, 0.3) is 6.43 Å². The SMILES string of the molecule is O=C(OCC(F)F)N1CC[C@@H](COP(=O)(O)O)C1. The third kappa shape index (κ3) is 5.72. The second-order valence-electron chi connectivity index (χ2n) is 3.86. The third-order valence-corrected chi connectivity index (χ3v) is 2.84. The fourth-order valence-electron chi connectivity index (χ4n) is 1.56. The lowest BCUT2D eigenvalue weighted by Gasteiger charge is -2.16. The van der Waals surface area contributed by atoms with Gasteiger partial charge in [-0.1, -0.05) is 0 Å². The van der Waals surface area contributed by atoms with Crippen molar-refractivity contribution in [3.05, 3.63) is 0 Å². The molecule has 1 atom stereocenters. The van der Waals surface area contributed by atoms with Gasteiger partial charge in [-0.3, -0.25) is 4.52 Å². The molecular formula is C8H14F2NO6P. The number of amides is 1. The van der Waals surface area contributed by atoms with E-state index in [2.05, 4.69) is 9.26 Å². The monoisotopic (exact) mass is 289 g/mol. The minimum Gasteiger partial charge on any atom is -0.443 e. The first-order valence-electron chi connectivity index (χ1n) is 5.18. The van der Waals surface area contributed by atoms with E-state index in [0.717, 1.165) is 0 Å². The Balaban J connectivity index is 2.28. The summed E-state index contributed by atoms with van der Waals surface area (Å²) in [6.45, 7) is -0.693. The number of phosphoric ester groups is 1. The molecule has 0 spiro atoms. The summed E-state index contributed by atoms with van der Waals surface area (Å²) >= 11 is 0. The average molecular weight is 289 g/mol. The van der Waals surface area contributed by atoms with Crippen LogP contribution in [0.3, 0.4) is 0 Å². The second-order valence-corrected chi connectivity index (χ2v) is 5.09. The van der Waals surface area contributed by atoms with Gasteiger partial charge < -0.3 is 19.4 Å². The molecule has 1 saturated heterocycles. The van der Waals surface area contributed by atoms with Crippen LogP contribution in [0.4, 0.5) is 13.6 Å². The molecule has 1 aliphatic rings. The third-order valence-electron chi connectivity index (χ3n) is 2.36. The van der Waals surface area contributed by atoms with Gasteiger partial charge in [-0.05, 0) is 6.42 Å². The topological polar surface area (TPSA) is 96.3 Å². The molecule has 10 heteroatoms. The molecule has 0 aromatic heterocycles. The molecule has 1 heterocycles. The Morgan fingerprint density at radius 3 is 2.72 bits per heavy atom. The maximum Gasteiger partial charge on any atom is 0.469 e. The van der Waals surface area contributed by atoms with E-state index in [-0.39, 0.29) is 25.6 Å². The molecule has 0 saturated carbocycles. The number of carbonyl (C=O) groups excluding carboxylic acids is 1. The van der Waals surface area contributed by atoms with Gasteiger partial charge in [0, 0.05) is 19.0 Å². The first-order valence-corrected chi connectivity index (χ1v) is 6.71. The van der Waals surface area contributed by atoms with E-state index in [9.17, 15) is 18.1 Å². The Morgan fingerprint density at radius 1 is 1.50 bits per heavy atom. The quantitative estimate of drug-likeness (QED) is 0.727. The fraction of sp³-hybridized carbons (Fsp3) is 0.875. The first kappa shape index (κ1) is 15.3. The largest absolute Gasteiger partial charge is 0.469 e. The first-order chi connectivity index (χ1) is 8.28. The van der Waals surface area contributed by atoms with E-state index in [4.69, 9.17) is 9.79 Å². The molecule has 0 bridgehead atoms. The van der Waals surface area contributed by atoms with Gasteiger partial charge in [-0.2, -0.15) is 0 Å². The van der Waals surface area contributed by atoms with Crippen molar-refractivity contribution in [2.24, 2.45) is 5.92 Å². The molecule has 1 fully saturated rings. The lowest BCUT2D eigenvalue weighted by atomic mass is 10.1. The van der Waals surface area contributed by atoms with Crippen LogP contribution in [-0.4, -0.2) is 53.5 Å². The normalized spacial score (nSPS) is 20.5. The molecule has 0 aromatic carbocycles. The summed E-state index contributed by atoms with van der Waals surface area (Å²) in [7, 11) is -4.52. The number of phosphoric acid groups is 1. The number of nitrogens with zero attached hydrogens (tertiary/aromatic N) is 1. The number of likely N-dealkylation sites (tertiary alicyclic amines) is 1. The lowest BCUT2D eigenvalue weighted by molar-refractivity contribution is 0.0340. The fourth-order valence-corrected chi connectivity index (χ4v) is 1.97. The standard InChI is InChI=1S/C8H14F2NO6P/c9-7(10)5-16-8(12)11-2-1-6(3-11)4-17-18(13,14)15/h6-7H,1-5H2,(H2,13,14,15)/t6-/m1/s1. The second kappa shape index (κ2) is 6.42. The molecule has 0 aromatic rings. The van der Waals surface area contributed by atoms with Crippen LogP contribution in [0.25, 0.3) is 0 Å². The van der Waals surface area contributed by atoms with Crippen LogP contribution < -0.4 is 0 Å². The molecule has 7 nitrogen and oxygen atoms in total. The van der Waals surface area contributed by atoms with E-state index in [1.54, 1.807) is 0 Å².